The normalized spacial score (nSPS) is 11.1. The lowest BCUT2D eigenvalue weighted by atomic mass is 10.2. The van der Waals surface area contributed by atoms with Gasteiger partial charge in [-0.25, -0.2) is 8.42 Å². The first-order valence-electron chi connectivity index (χ1n) is 6.99. The average Bonchev–Trinajstić information content (AvgIpc) is 2.51. The minimum atomic E-state index is -3.52. The highest BCUT2D eigenvalue weighted by Crippen LogP contribution is 2.20. The van der Waals surface area contributed by atoms with Crippen LogP contribution in [0.25, 0.3) is 0 Å². The third kappa shape index (κ3) is 3.76. The summed E-state index contributed by atoms with van der Waals surface area (Å²) >= 11 is 0. The van der Waals surface area contributed by atoms with E-state index >= 15 is 0 Å². The molecule has 0 radical (unpaired) electrons. The highest BCUT2D eigenvalue weighted by atomic mass is 32.2. The van der Waals surface area contributed by atoms with E-state index in [1.54, 1.807) is 42.5 Å². The van der Waals surface area contributed by atoms with Crippen molar-refractivity contribution in [1.29, 1.82) is 0 Å². The molecule has 0 bridgehead atoms. The Hall–Kier alpha value is -2.01. The Labute approximate surface area is 126 Å². The maximum absolute atomic E-state index is 12.2. The largest absolute Gasteiger partial charge is 0.372 e. The SMILES string of the molecule is CCN(CC)c1ccc(NS(=O)(=O)c2ccccc2)cc1. The van der Waals surface area contributed by atoms with Crippen molar-refractivity contribution in [2.75, 3.05) is 22.7 Å². The molecule has 0 aliphatic rings. The Kier molecular flexibility index (Phi) is 4.85. The predicted molar refractivity (Wildman–Crippen MR) is 87.3 cm³/mol. The van der Waals surface area contributed by atoms with Crippen molar-refractivity contribution in [3.05, 3.63) is 54.6 Å². The average molecular weight is 304 g/mol. The van der Waals surface area contributed by atoms with Crippen LogP contribution in [0, 0.1) is 0 Å². The van der Waals surface area contributed by atoms with E-state index in [1.165, 1.54) is 0 Å². The molecule has 1 N–H and O–H groups in total. The maximum atomic E-state index is 12.2. The number of nitrogens with one attached hydrogen (secondary N) is 1. The van der Waals surface area contributed by atoms with Gasteiger partial charge < -0.3 is 4.90 Å². The summed E-state index contributed by atoms with van der Waals surface area (Å²) in [6, 6.07) is 15.8. The van der Waals surface area contributed by atoms with Crippen LogP contribution in [0.4, 0.5) is 11.4 Å². The molecule has 0 aliphatic heterocycles. The van der Waals surface area contributed by atoms with Crippen LogP contribution in [0.15, 0.2) is 59.5 Å². The number of rotatable bonds is 6. The molecule has 2 rings (SSSR count). The van der Waals surface area contributed by atoms with Crippen molar-refractivity contribution >= 4 is 21.4 Å². The molecule has 0 heterocycles. The number of nitrogens with zero attached hydrogens (tertiary/aromatic N) is 1. The van der Waals surface area contributed by atoms with Gasteiger partial charge in [-0.1, -0.05) is 18.2 Å². The molecule has 0 spiro atoms. The zero-order valence-electron chi connectivity index (χ0n) is 12.3. The summed E-state index contributed by atoms with van der Waals surface area (Å²) in [6.07, 6.45) is 0. The van der Waals surface area contributed by atoms with E-state index in [4.69, 9.17) is 0 Å². The highest BCUT2D eigenvalue weighted by molar-refractivity contribution is 7.92. The number of sulfonamides is 1. The molecule has 5 heteroatoms. The van der Waals surface area contributed by atoms with E-state index in [1.807, 2.05) is 12.1 Å². The van der Waals surface area contributed by atoms with Gasteiger partial charge in [0.1, 0.15) is 0 Å². The molecule has 4 nitrogen and oxygen atoms in total. The fourth-order valence-electron chi connectivity index (χ4n) is 2.14. The zero-order chi connectivity index (χ0) is 15.3. The molecule has 0 aliphatic carbocycles. The number of anilines is 2. The monoisotopic (exact) mass is 304 g/mol. The third-order valence-corrected chi connectivity index (χ3v) is 4.70. The summed E-state index contributed by atoms with van der Waals surface area (Å²) in [7, 11) is -3.52. The first kappa shape index (κ1) is 15.4. The van der Waals surface area contributed by atoms with Crippen LogP contribution in [-0.4, -0.2) is 21.5 Å². The van der Waals surface area contributed by atoms with E-state index in [-0.39, 0.29) is 4.90 Å². The standard InChI is InChI=1S/C16H20N2O2S/c1-3-18(4-2)15-12-10-14(11-13-15)17-21(19,20)16-8-6-5-7-9-16/h5-13,17H,3-4H2,1-2H3. The molecule has 2 aromatic rings. The maximum Gasteiger partial charge on any atom is 0.261 e. The lowest BCUT2D eigenvalue weighted by Crippen LogP contribution is -2.21. The van der Waals surface area contributed by atoms with Gasteiger partial charge in [-0.2, -0.15) is 0 Å². The fraction of sp³-hybridized carbons (Fsp3) is 0.250. The summed E-state index contributed by atoms with van der Waals surface area (Å²) in [5.41, 5.74) is 1.65. The first-order valence-corrected chi connectivity index (χ1v) is 8.48. The third-order valence-electron chi connectivity index (χ3n) is 3.30. The van der Waals surface area contributed by atoms with Crippen LogP contribution in [0.5, 0.6) is 0 Å². The quantitative estimate of drug-likeness (QED) is 0.890. The molecule has 21 heavy (non-hydrogen) atoms. The van der Waals surface area contributed by atoms with Crippen molar-refractivity contribution in [2.24, 2.45) is 0 Å². The molecular formula is C16H20N2O2S. The second-order valence-electron chi connectivity index (χ2n) is 4.64. The summed E-state index contributed by atoms with van der Waals surface area (Å²) < 4.78 is 27.0. The predicted octanol–water partition coefficient (Wildman–Crippen LogP) is 3.33. The molecule has 0 saturated heterocycles. The minimum Gasteiger partial charge on any atom is -0.372 e. The second kappa shape index (κ2) is 6.63. The summed E-state index contributed by atoms with van der Waals surface area (Å²) in [6.45, 7) is 6.03. The van der Waals surface area contributed by atoms with Crippen LogP contribution in [0.2, 0.25) is 0 Å². The Morgan fingerprint density at radius 3 is 2.00 bits per heavy atom. The second-order valence-corrected chi connectivity index (χ2v) is 6.32. The van der Waals surface area contributed by atoms with Crippen molar-refractivity contribution < 1.29 is 8.42 Å². The van der Waals surface area contributed by atoms with Gasteiger partial charge in [-0.15, -0.1) is 0 Å². The zero-order valence-corrected chi connectivity index (χ0v) is 13.1. The molecule has 0 unspecified atom stereocenters. The van der Waals surface area contributed by atoms with Crippen LogP contribution in [-0.2, 0) is 10.0 Å². The summed E-state index contributed by atoms with van der Waals surface area (Å²) in [4.78, 5) is 2.47. The lowest BCUT2D eigenvalue weighted by Gasteiger charge is -2.21. The number of hydrogen-bond acceptors (Lipinski definition) is 3. The topological polar surface area (TPSA) is 49.4 Å². The Balaban J connectivity index is 2.17. The van der Waals surface area contributed by atoms with Gasteiger partial charge in [0.15, 0.2) is 0 Å². The van der Waals surface area contributed by atoms with Gasteiger partial charge in [0, 0.05) is 24.5 Å². The van der Waals surface area contributed by atoms with Gasteiger partial charge in [0.2, 0.25) is 0 Å². The molecule has 0 saturated carbocycles. The van der Waals surface area contributed by atoms with Gasteiger partial charge in [0.05, 0.1) is 4.90 Å². The molecular weight excluding hydrogens is 284 g/mol. The first-order chi connectivity index (χ1) is 10.1. The van der Waals surface area contributed by atoms with E-state index in [2.05, 4.69) is 23.5 Å². The van der Waals surface area contributed by atoms with Crippen LogP contribution >= 0.6 is 0 Å². The number of hydrogen-bond donors (Lipinski definition) is 1. The minimum absolute atomic E-state index is 0.262. The van der Waals surface area contributed by atoms with Gasteiger partial charge in [0.25, 0.3) is 10.0 Å². The molecule has 0 fully saturated rings. The van der Waals surface area contributed by atoms with Crippen molar-refractivity contribution in [3.63, 3.8) is 0 Å². The van der Waals surface area contributed by atoms with Crippen LogP contribution in [0.1, 0.15) is 13.8 Å². The van der Waals surface area contributed by atoms with Gasteiger partial charge >= 0.3 is 0 Å². The van der Waals surface area contributed by atoms with E-state index in [0.29, 0.717) is 5.69 Å². The molecule has 2 aromatic carbocycles. The lowest BCUT2D eigenvalue weighted by molar-refractivity contribution is 0.601. The summed E-state index contributed by atoms with van der Waals surface area (Å²) in [5, 5.41) is 0. The van der Waals surface area contributed by atoms with Crippen LogP contribution < -0.4 is 9.62 Å². The van der Waals surface area contributed by atoms with E-state index < -0.39 is 10.0 Å². The Bertz CT molecular complexity index is 663. The Morgan fingerprint density at radius 1 is 0.905 bits per heavy atom. The van der Waals surface area contributed by atoms with Crippen LogP contribution in [0.3, 0.4) is 0 Å². The molecule has 0 atom stereocenters. The highest BCUT2D eigenvalue weighted by Gasteiger charge is 2.13. The van der Waals surface area contributed by atoms with E-state index in [9.17, 15) is 8.42 Å². The Morgan fingerprint density at radius 2 is 1.48 bits per heavy atom. The van der Waals surface area contributed by atoms with Gasteiger partial charge in [-0.05, 0) is 50.2 Å². The van der Waals surface area contributed by atoms with Crippen molar-refractivity contribution in [3.8, 4) is 0 Å². The van der Waals surface area contributed by atoms with E-state index in [0.717, 1.165) is 18.8 Å². The molecule has 0 amide bonds. The molecule has 112 valence electrons. The summed E-state index contributed by atoms with van der Waals surface area (Å²) in [5.74, 6) is 0. The fourth-order valence-corrected chi connectivity index (χ4v) is 3.22. The number of benzene rings is 2. The molecule has 0 aromatic heterocycles. The smallest absolute Gasteiger partial charge is 0.261 e. The van der Waals surface area contributed by atoms with Gasteiger partial charge in [-0.3, -0.25) is 4.72 Å². The van der Waals surface area contributed by atoms with Crippen molar-refractivity contribution in [1.82, 2.24) is 0 Å². The van der Waals surface area contributed by atoms with Crippen molar-refractivity contribution in [2.45, 2.75) is 18.7 Å².